The zero-order valence-corrected chi connectivity index (χ0v) is 12.9. The highest BCUT2D eigenvalue weighted by molar-refractivity contribution is 9.10. The minimum Gasteiger partial charge on any atom is -0.396 e. The number of fused-ring (bicyclic) bond motifs is 1. The Kier molecular flexibility index (Phi) is 4.17. The van der Waals surface area contributed by atoms with Crippen molar-refractivity contribution in [1.29, 1.82) is 0 Å². The first-order valence-corrected chi connectivity index (χ1v) is 7.87. The summed E-state index contributed by atoms with van der Waals surface area (Å²) in [6.45, 7) is 1.23. The van der Waals surface area contributed by atoms with Crippen molar-refractivity contribution in [3.05, 3.63) is 29.0 Å². The predicted molar refractivity (Wildman–Crippen MR) is 83.9 cm³/mol. The number of hydrogen-bond acceptors (Lipinski definition) is 4. The third kappa shape index (κ3) is 2.52. The van der Waals surface area contributed by atoms with Crippen LogP contribution in [-0.2, 0) is 0 Å². The van der Waals surface area contributed by atoms with Gasteiger partial charge < -0.3 is 10.0 Å². The fraction of sp³-hybridized carbons (Fsp3) is 0.467. The van der Waals surface area contributed by atoms with Crippen molar-refractivity contribution >= 4 is 32.7 Å². The number of benzene rings is 1. The first kappa shape index (κ1) is 13.8. The number of aromatic nitrogens is 2. The molecular weight excluding hydrogens is 318 g/mol. The molecule has 0 saturated carbocycles. The second-order valence-electron chi connectivity index (χ2n) is 5.19. The molecule has 1 N–H and O–H groups in total. The van der Waals surface area contributed by atoms with Crippen LogP contribution in [0.5, 0.6) is 0 Å². The van der Waals surface area contributed by atoms with E-state index in [4.69, 9.17) is 0 Å². The summed E-state index contributed by atoms with van der Waals surface area (Å²) >= 11 is 3.55. The van der Waals surface area contributed by atoms with Gasteiger partial charge in [0.1, 0.15) is 12.1 Å². The van der Waals surface area contributed by atoms with Gasteiger partial charge in [0, 0.05) is 29.1 Å². The number of anilines is 1. The highest BCUT2D eigenvalue weighted by atomic mass is 79.9. The summed E-state index contributed by atoms with van der Waals surface area (Å²) in [5.41, 5.74) is 0.950. The predicted octanol–water partition coefficient (Wildman–Crippen LogP) is 3.13. The molecule has 1 fully saturated rings. The van der Waals surface area contributed by atoms with E-state index < -0.39 is 0 Å². The van der Waals surface area contributed by atoms with E-state index in [1.807, 2.05) is 12.1 Å². The number of rotatable bonds is 3. The van der Waals surface area contributed by atoms with Crippen molar-refractivity contribution in [2.45, 2.75) is 31.7 Å². The number of hydrogen-bond donors (Lipinski definition) is 1. The third-order valence-electron chi connectivity index (χ3n) is 3.96. The van der Waals surface area contributed by atoms with Crippen LogP contribution in [0.3, 0.4) is 0 Å². The molecule has 106 valence electrons. The summed E-state index contributed by atoms with van der Waals surface area (Å²) in [6.07, 6.45) is 5.97. The van der Waals surface area contributed by atoms with Gasteiger partial charge in [-0.25, -0.2) is 9.97 Å². The average molecular weight is 336 g/mol. The van der Waals surface area contributed by atoms with E-state index in [9.17, 15) is 5.11 Å². The molecule has 0 spiro atoms. The molecule has 20 heavy (non-hydrogen) atoms. The van der Waals surface area contributed by atoms with Crippen molar-refractivity contribution in [2.75, 3.05) is 18.1 Å². The van der Waals surface area contributed by atoms with Crippen LogP contribution in [0.25, 0.3) is 10.9 Å². The minimum absolute atomic E-state index is 0.230. The summed E-state index contributed by atoms with van der Waals surface area (Å²) in [6, 6.07) is 6.47. The summed E-state index contributed by atoms with van der Waals surface area (Å²) in [4.78, 5) is 11.2. The number of aliphatic hydroxyl groups excluding tert-OH is 1. The number of piperidine rings is 1. The zero-order valence-electron chi connectivity index (χ0n) is 11.3. The molecule has 4 nitrogen and oxygen atoms in total. The molecule has 2 heterocycles. The largest absolute Gasteiger partial charge is 0.396 e. The van der Waals surface area contributed by atoms with Crippen LogP contribution in [0.15, 0.2) is 29.0 Å². The van der Waals surface area contributed by atoms with Gasteiger partial charge in [-0.15, -0.1) is 0 Å². The quantitative estimate of drug-likeness (QED) is 0.936. The van der Waals surface area contributed by atoms with E-state index in [-0.39, 0.29) is 6.61 Å². The molecule has 5 heteroatoms. The van der Waals surface area contributed by atoms with Gasteiger partial charge in [0.15, 0.2) is 0 Å². The van der Waals surface area contributed by atoms with E-state index in [0.29, 0.717) is 6.04 Å². The topological polar surface area (TPSA) is 49.2 Å². The Balaban J connectivity index is 2.06. The molecule has 0 radical (unpaired) electrons. The molecule has 1 aliphatic heterocycles. The van der Waals surface area contributed by atoms with E-state index in [2.05, 4.69) is 36.9 Å². The summed E-state index contributed by atoms with van der Waals surface area (Å²) in [5, 5.41) is 10.3. The van der Waals surface area contributed by atoms with Gasteiger partial charge in [-0.1, -0.05) is 6.07 Å². The van der Waals surface area contributed by atoms with Gasteiger partial charge in [0.05, 0.1) is 5.52 Å². The molecule has 1 aromatic heterocycles. The average Bonchev–Trinajstić information content (AvgIpc) is 2.48. The molecule has 3 rings (SSSR count). The lowest BCUT2D eigenvalue weighted by Crippen LogP contribution is -2.40. The second kappa shape index (κ2) is 6.06. The lowest BCUT2D eigenvalue weighted by Gasteiger charge is -2.37. The number of nitrogens with zero attached hydrogens (tertiary/aromatic N) is 3. The Morgan fingerprint density at radius 3 is 3.05 bits per heavy atom. The molecule has 0 aliphatic carbocycles. The molecule has 0 bridgehead atoms. The summed E-state index contributed by atoms with van der Waals surface area (Å²) in [7, 11) is 0. The lowest BCUT2D eigenvalue weighted by atomic mass is 9.99. The van der Waals surface area contributed by atoms with Crippen molar-refractivity contribution < 1.29 is 5.11 Å². The Hall–Kier alpha value is -1.20. The van der Waals surface area contributed by atoms with Crippen LogP contribution in [0.4, 0.5) is 5.82 Å². The fourth-order valence-electron chi connectivity index (χ4n) is 3.00. The smallest absolute Gasteiger partial charge is 0.140 e. The third-order valence-corrected chi connectivity index (χ3v) is 4.60. The Morgan fingerprint density at radius 2 is 2.20 bits per heavy atom. The maximum Gasteiger partial charge on any atom is 0.140 e. The highest BCUT2D eigenvalue weighted by Crippen LogP contribution is 2.32. The number of aliphatic hydroxyl groups is 1. The molecule has 2 aromatic rings. The molecule has 1 atom stereocenters. The highest BCUT2D eigenvalue weighted by Gasteiger charge is 2.24. The van der Waals surface area contributed by atoms with Gasteiger partial charge >= 0.3 is 0 Å². The van der Waals surface area contributed by atoms with Crippen molar-refractivity contribution in [3.63, 3.8) is 0 Å². The van der Waals surface area contributed by atoms with Crippen molar-refractivity contribution in [3.8, 4) is 0 Å². The number of halogens is 1. The Bertz CT molecular complexity index is 603. The van der Waals surface area contributed by atoms with Crippen molar-refractivity contribution in [1.82, 2.24) is 9.97 Å². The normalized spacial score (nSPS) is 19.5. The van der Waals surface area contributed by atoms with Gasteiger partial charge in [-0.3, -0.25) is 0 Å². The van der Waals surface area contributed by atoms with Gasteiger partial charge in [0.25, 0.3) is 0 Å². The van der Waals surface area contributed by atoms with E-state index in [1.54, 1.807) is 6.33 Å². The van der Waals surface area contributed by atoms with Gasteiger partial charge in [-0.2, -0.15) is 0 Å². The summed E-state index contributed by atoms with van der Waals surface area (Å²) < 4.78 is 0.995. The lowest BCUT2D eigenvalue weighted by molar-refractivity contribution is 0.262. The fourth-order valence-corrected chi connectivity index (χ4v) is 3.46. The van der Waals surface area contributed by atoms with Crippen LogP contribution in [0, 0.1) is 0 Å². The molecule has 1 unspecified atom stereocenters. The molecule has 1 aliphatic rings. The molecule has 1 aromatic carbocycles. The maximum atomic E-state index is 9.27. The maximum absolute atomic E-state index is 9.27. The first-order valence-electron chi connectivity index (χ1n) is 7.08. The monoisotopic (exact) mass is 335 g/mol. The van der Waals surface area contributed by atoms with Crippen LogP contribution in [0.2, 0.25) is 0 Å². The van der Waals surface area contributed by atoms with E-state index >= 15 is 0 Å². The van der Waals surface area contributed by atoms with Gasteiger partial charge in [-0.05, 0) is 53.7 Å². The summed E-state index contributed by atoms with van der Waals surface area (Å²) in [5.74, 6) is 0.995. The van der Waals surface area contributed by atoms with Gasteiger partial charge in [0.2, 0.25) is 0 Å². The van der Waals surface area contributed by atoms with E-state index in [1.165, 1.54) is 12.8 Å². The van der Waals surface area contributed by atoms with Crippen LogP contribution in [-0.4, -0.2) is 34.3 Å². The first-order chi connectivity index (χ1) is 9.81. The van der Waals surface area contributed by atoms with Crippen LogP contribution >= 0.6 is 15.9 Å². The standard InChI is InChI=1S/C15H18BrN3O/c16-13-6-3-5-12-14(13)17-10-18-15(12)19-8-2-1-4-11(19)7-9-20/h3,5-6,10-11,20H,1-2,4,7-9H2. The molecule has 1 saturated heterocycles. The van der Waals surface area contributed by atoms with Crippen LogP contribution in [0.1, 0.15) is 25.7 Å². The van der Waals surface area contributed by atoms with E-state index in [0.717, 1.165) is 40.6 Å². The Labute approximate surface area is 127 Å². The Morgan fingerprint density at radius 1 is 1.30 bits per heavy atom. The zero-order chi connectivity index (χ0) is 13.9. The number of para-hydroxylation sites is 1. The molecular formula is C15H18BrN3O. The van der Waals surface area contributed by atoms with Crippen molar-refractivity contribution in [2.24, 2.45) is 0 Å². The second-order valence-corrected chi connectivity index (χ2v) is 6.04. The SMILES string of the molecule is OCCC1CCCCN1c1ncnc2c(Br)cccc12. The minimum atomic E-state index is 0.230. The molecule has 0 amide bonds. The van der Waals surface area contributed by atoms with Crippen LogP contribution < -0.4 is 4.90 Å².